The van der Waals surface area contributed by atoms with E-state index in [-0.39, 0.29) is 18.0 Å². The van der Waals surface area contributed by atoms with Crippen LogP contribution in [0.2, 0.25) is 0 Å². The highest BCUT2D eigenvalue weighted by Gasteiger charge is 2.39. The maximum Gasteiger partial charge on any atom is 0.258 e. The van der Waals surface area contributed by atoms with E-state index in [0.717, 1.165) is 11.0 Å². The van der Waals surface area contributed by atoms with E-state index in [2.05, 4.69) is 15.2 Å². The summed E-state index contributed by atoms with van der Waals surface area (Å²) in [6.07, 6.45) is 3.53. The molecule has 0 saturated carbocycles. The van der Waals surface area contributed by atoms with Gasteiger partial charge in [-0.2, -0.15) is 0 Å². The number of nitrogens with zero attached hydrogens (tertiary/aromatic N) is 5. The first-order valence-electron chi connectivity index (χ1n) is 8.36. The number of carbonyl (C=O) groups excluding carboxylic acids is 1. The summed E-state index contributed by atoms with van der Waals surface area (Å²) in [6.45, 7) is 3.10. The number of benzene rings is 1. The fraction of sp³-hybridized carbons (Fsp3) is 0.389. The third-order valence-corrected chi connectivity index (χ3v) is 4.98. The van der Waals surface area contributed by atoms with Crippen LogP contribution in [0.25, 0.3) is 11.0 Å². The van der Waals surface area contributed by atoms with Crippen molar-refractivity contribution in [1.29, 1.82) is 0 Å². The van der Waals surface area contributed by atoms with Gasteiger partial charge in [0.15, 0.2) is 0 Å². The Morgan fingerprint density at radius 2 is 2.08 bits per heavy atom. The fourth-order valence-corrected chi connectivity index (χ4v) is 3.69. The number of para-hydroxylation sites is 1. The Hall–Kier alpha value is -2.67. The lowest BCUT2D eigenvalue weighted by atomic mass is 10.1. The van der Waals surface area contributed by atoms with Crippen molar-refractivity contribution in [2.24, 2.45) is 0 Å². The van der Waals surface area contributed by atoms with Crippen LogP contribution in [-0.4, -0.2) is 63.9 Å². The number of likely N-dealkylation sites (tertiary alicyclic amines) is 1. The van der Waals surface area contributed by atoms with Crippen LogP contribution in [0.5, 0.6) is 0 Å². The highest BCUT2D eigenvalue weighted by atomic mass is 16.3. The van der Waals surface area contributed by atoms with Gasteiger partial charge in [0, 0.05) is 24.7 Å². The molecule has 1 aromatic carbocycles. The van der Waals surface area contributed by atoms with E-state index < -0.39 is 0 Å². The summed E-state index contributed by atoms with van der Waals surface area (Å²) in [6, 6.07) is 7.94. The number of hydrogen-bond donors (Lipinski definition) is 0. The van der Waals surface area contributed by atoms with Gasteiger partial charge in [-0.25, -0.2) is 4.68 Å². The zero-order chi connectivity index (χ0) is 17.6. The minimum Gasteiger partial charge on any atom is -0.461 e. The molecule has 2 atom stereocenters. The number of likely N-dealkylation sites (N-methyl/N-ethyl adjacent to an activating group) is 1. The molecule has 130 valence electrons. The molecule has 0 radical (unpaired) electrons. The monoisotopic (exact) mass is 339 g/mol. The van der Waals surface area contributed by atoms with Crippen LogP contribution in [0.4, 0.5) is 0 Å². The van der Waals surface area contributed by atoms with Crippen LogP contribution in [0, 0.1) is 6.92 Å². The van der Waals surface area contributed by atoms with Gasteiger partial charge in [0.1, 0.15) is 11.3 Å². The predicted octanol–water partition coefficient (Wildman–Crippen LogP) is 1.96. The van der Waals surface area contributed by atoms with Crippen LogP contribution in [0.1, 0.15) is 22.2 Å². The Balaban J connectivity index is 1.67. The minimum absolute atomic E-state index is 0.0110. The van der Waals surface area contributed by atoms with E-state index in [1.807, 2.05) is 61.1 Å². The number of hydrogen-bond acceptors (Lipinski definition) is 5. The molecular weight excluding hydrogens is 318 g/mol. The maximum absolute atomic E-state index is 13.2. The molecule has 1 aliphatic rings. The van der Waals surface area contributed by atoms with Gasteiger partial charge < -0.3 is 14.2 Å². The molecule has 1 fully saturated rings. The zero-order valence-electron chi connectivity index (χ0n) is 14.6. The van der Waals surface area contributed by atoms with Crippen molar-refractivity contribution >= 4 is 16.9 Å². The van der Waals surface area contributed by atoms with E-state index in [4.69, 9.17) is 4.42 Å². The minimum atomic E-state index is 0.0110. The first kappa shape index (κ1) is 15.8. The molecule has 7 nitrogen and oxygen atoms in total. The molecular formula is C18H21N5O2. The van der Waals surface area contributed by atoms with E-state index in [1.54, 1.807) is 6.20 Å². The molecule has 25 heavy (non-hydrogen) atoms. The van der Waals surface area contributed by atoms with E-state index in [9.17, 15) is 4.79 Å². The lowest BCUT2D eigenvalue weighted by Gasteiger charge is -2.24. The van der Waals surface area contributed by atoms with Gasteiger partial charge in [-0.1, -0.05) is 23.4 Å². The molecule has 7 heteroatoms. The molecule has 0 unspecified atom stereocenters. The molecule has 1 amide bonds. The zero-order valence-corrected chi connectivity index (χ0v) is 14.6. The molecule has 0 aliphatic carbocycles. The summed E-state index contributed by atoms with van der Waals surface area (Å²) >= 11 is 0. The quantitative estimate of drug-likeness (QED) is 0.730. The lowest BCUT2D eigenvalue weighted by molar-refractivity contribution is 0.0781. The Kier molecular flexibility index (Phi) is 3.80. The van der Waals surface area contributed by atoms with Gasteiger partial charge in [-0.15, -0.1) is 5.10 Å². The second kappa shape index (κ2) is 6.00. The van der Waals surface area contributed by atoms with Crippen LogP contribution in [0.15, 0.2) is 41.1 Å². The normalized spacial score (nSPS) is 20.7. The third kappa shape index (κ3) is 2.60. The Morgan fingerprint density at radius 3 is 2.80 bits per heavy atom. The molecule has 0 N–H and O–H groups in total. The van der Waals surface area contributed by atoms with Crippen LogP contribution >= 0.6 is 0 Å². The standard InChI is InChI=1S/C18H21N5O2/c1-12-17(13-6-4-5-7-16(13)25-12)18(24)22-10-14(21(2)3)15(11-22)23-9-8-19-20-23/h4-9,14-15H,10-11H2,1-3H3/t14-,15+/m1/s1. The number of furan rings is 1. The Labute approximate surface area is 145 Å². The number of carbonyl (C=O) groups is 1. The van der Waals surface area contributed by atoms with Crippen LogP contribution in [-0.2, 0) is 0 Å². The number of aromatic nitrogens is 3. The smallest absolute Gasteiger partial charge is 0.258 e. The number of amides is 1. The average Bonchev–Trinajstić information content (AvgIpc) is 3.31. The molecule has 0 bridgehead atoms. The molecule has 3 heterocycles. The molecule has 1 saturated heterocycles. The maximum atomic E-state index is 13.2. The SMILES string of the molecule is Cc1oc2ccccc2c1C(=O)N1C[C@@H](N(C)C)[C@@H](n2ccnn2)C1. The van der Waals surface area contributed by atoms with Crippen molar-refractivity contribution in [1.82, 2.24) is 24.8 Å². The number of rotatable bonds is 3. The fourth-order valence-electron chi connectivity index (χ4n) is 3.69. The first-order chi connectivity index (χ1) is 12.1. The van der Waals surface area contributed by atoms with Crippen molar-refractivity contribution < 1.29 is 9.21 Å². The van der Waals surface area contributed by atoms with E-state index >= 15 is 0 Å². The van der Waals surface area contributed by atoms with Crippen molar-refractivity contribution in [3.05, 3.63) is 48.0 Å². The molecule has 1 aliphatic heterocycles. The average molecular weight is 339 g/mol. The topological polar surface area (TPSA) is 67.4 Å². The largest absolute Gasteiger partial charge is 0.461 e. The van der Waals surface area contributed by atoms with Gasteiger partial charge in [0.25, 0.3) is 5.91 Å². The van der Waals surface area contributed by atoms with Crippen molar-refractivity contribution in [2.45, 2.75) is 19.0 Å². The van der Waals surface area contributed by atoms with E-state index in [1.165, 1.54) is 0 Å². The van der Waals surface area contributed by atoms with Crippen LogP contribution < -0.4 is 0 Å². The summed E-state index contributed by atoms with van der Waals surface area (Å²) in [7, 11) is 4.06. The van der Waals surface area contributed by atoms with Gasteiger partial charge in [0.05, 0.1) is 23.8 Å². The summed E-state index contributed by atoms with van der Waals surface area (Å²) in [5.41, 5.74) is 1.41. The Morgan fingerprint density at radius 1 is 1.28 bits per heavy atom. The van der Waals surface area contributed by atoms with Crippen LogP contribution in [0.3, 0.4) is 0 Å². The number of fused-ring (bicyclic) bond motifs is 1. The molecule has 3 aromatic rings. The summed E-state index contributed by atoms with van der Waals surface area (Å²) in [5.74, 6) is 0.675. The molecule has 2 aromatic heterocycles. The molecule has 0 spiro atoms. The van der Waals surface area contributed by atoms with Crippen molar-refractivity contribution in [2.75, 3.05) is 27.2 Å². The number of aryl methyl sites for hydroxylation is 1. The third-order valence-electron chi connectivity index (χ3n) is 4.98. The summed E-state index contributed by atoms with van der Waals surface area (Å²) in [5, 5.41) is 8.92. The first-order valence-corrected chi connectivity index (χ1v) is 8.36. The predicted molar refractivity (Wildman–Crippen MR) is 93.4 cm³/mol. The highest BCUT2D eigenvalue weighted by molar-refractivity contribution is 6.07. The summed E-state index contributed by atoms with van der Waals surface area (Å²) in [4.78, 5) is 17.3. The lowest BCUT2D eigenvalue weighted by Crippen LogP contribution is -2.37. The van der Waals surface area contributed by atoms with E-state index in [0.29, 0.717) is 24.4 Å². The van der Waals surface area contributed by atoms with Crippen molar-refractivity contribution in [3.8, 4) is 0 Å². The van der Waals surface area contributed by atoms with Gasteiger partial charge in [-0.3, -0.25) is 4.79 Å². The second-order valence-electron chi connectivity index (χ2n) is 6.72. The van der Waals surface area contributed by atoms with Gasteiger partial charge in [0.2, 0.25) is 0 Å². The van der Waals surface area contributed by atoms with Gasteiger partial charge >= 0.3 is 0 Å². The second-order valence-corrected chi connectivity index (χ2v) is 6.72. The molecule has 4 rings (SSSR count). The summed E-state index contributed by atoms with van der Waals surface area (Å²) < 4.78 is 7.61. The Bertz CT molecular complexity index is 899. The van der Waals surface area contributed by atoms with Crippen molar-refractivity contribution in [3.63, 3.8) is 0 Å². The highest BCUT2D eigenvalue weighted by Crippen LogP contribution is 2.30. The van der Waals surface area contributed by atoms with Gasteiger partial charge in [-0.05, 0) is 27.1 Å².